The van der Waals surface area contributed by atoms with E-state index >= 15 is 0 Å². The van der Waals surface area contributed by atoms with Crippen molar-refractivity contribution < 1.29 is 19.1 Å². The molecule has 0 spiro atoms. The van der Waals surface area contributed by atoms with Crippen molar-refractivity contribution in [2.75, 3.05) is 13.7 Å². The SMILES string of the molecule is CCCC(C)COc1ccc([C@@H](NC(=O)Cc2ccc(Cl)cc2Cl)C(=O)OC)cc1. The molecule has 0 saturated heterocycles. The summed E-state index contributed by atoms with van der Waals surface area (Å²) in [6, 6.07) is 11.0. The highest BCUT2D eigenvalue weighted by molar-refractivity contribution is 6.35. The number of ether oxygens (including phenoxy) is 2. The zero-order valence-electron chi connectivity index (χ0n) is 17.4. The zero-order chi connectivity index (χ0) is 22.1. The number of hydrogen-bond acceptors (Lipinski definition) is 4. The molecule has 0 aliphatic heterocycles. The average molecular weight is 452 g/mol. The molecule has 30 heavy (non-hydrogen) atoms. The van der Waals surface area contributed by atoms with Gasteiger partial charge in [-0.25, -0.2) is 4.79 Å². The molecule has 1 N–H and O–H groups in total. The number of benzene rings is 2. The maximum absolute atomic E-state index is 12.5. The summed E-state index contributed by atoms with van der Waals surface area (Å²) < 4.78 is 10.7. The van der Waals surface area contributed by atoms with E-state index in [9.17, 15) is 9.59 Å². The van der Waals surface area contributed by atoms with Crippen LogP contribution in [0.25, 0.3) is 0 Å². The van der Waals surface area contributed by atoms with Crippen molar-refractivity contribution in [2.45, 2.75) is 39.2 Å². The molecule has 5 nitrogen and oxygen atoms in total. The summed E-state index contributed by atoms with van der Waals surface area (Å²) in [5, 5.41) is 3.60. The maximum atomic E-state index is 12.5. The molecule has 0 aromatic heterocycles. The van der Waals surface area contributed by atoms with Gasteiger partial charge in [-0.05, 0) is 47.7 Å². The highest BCUT2D eigenvalue weighted by Gasteiger charge is 2.24. The zero-order valence-corrected chi connectivity index (χ0v) is 18.9. The van der Waals surface area contributed by atoms with Crippen molar-refractivity contribution >= 4 is 35.1 Å². The third-order valence-electron chi connectivity index (χ3n) is 4.64. The molecule has 2 aromatic rings. The number of carbonyl (C=O) groups is 2. The molecule has 0 bridgehead atoms. The number of hydrogen-bond donors (Lipinski definition) is 1. The second-order valence-corrected chi connectivity index (χ2v) is 8.05. The normalized spacial score (nSPS) is 12.7. The van der Waals surface area contributed by atoms with Gasteiger partial charge in [-0.15, -0.1) is 0 Å². The van der Waals surface area contributed by atoms with E-state index in [1.165, 1.54) is 7.11 Å². The van der Waals surface area contributed by atoms with E-state index < -0.39 is 12.0 Å². The lowest BCUT2D eigenvalue weighted by Crippen LogP contribution is -2.35. The smallest absolute Gasteiger partial charge is 0.333 e. The predicted octanol–water partition coefficient (Wildman–Crippen LogP) is 5.38. The predicted molar refractivity (Wildman–Crippen MR) is 119 cm³/mol. The average Bonchev–Trinajstić information content (AvgIpc) is 2.73. The molecule has 2 rings (SSSR count). The number of esters is 1. The highest BCUT2D eigenvalue weighted by atomic mass is 35.5. The summed E-state index contributed by atoms with van der Waals surface area (Å²) in [6.07, 6.45) is 2.23. The van der Waals surface area contributed by atoms with E-state index in [4.69, 9.17) is 32.7 Å². The Morgan fingerprint density at radius 2 is 1.80 bits per heavy atom. The summed E-state index contributed by atoms with van der Waals surface area (Å²) in [5.41, 5.74) is 1.22. The first-order valence-electron chi connectivity index (χ1n) is 9.87. The molecule has 2 aromatic carbocycles. The lowest BCUT2D eigenvalue weighted by molar-refractivity contribution is -0.145. The first-order valence-corrected chi connectivity index (χ1v) is 10.6. The molecule has 0 saturated carbocycles. The minimum Gasteiger partial charge on any atom is -0.493 e. The topological polar surface area (TPSA) is 64.6 Å². The summed E-state index contributed by atoms with van der Waals surface area (Å²) in [6.45, 7) is 4.92. The quantitative estimate of drug-likeness (QED) is 0.492. The van der Waals surface area contributed by atoms with Crippen molar-refractivity contribution in [1.82, 2.24) is 5.32 Å². The van der Waals surface area contributed by atoms with Crippen molar-refractivity contribution in [2.24, 2.45) is 5.92 Å². The van der Waals surface area contributed by atoms with Crippen molar-refractivity contribution in [1.29, 1.82) is 0 Å². The summed E-state index contributed by atoms with van der Waals surface area (Å²) in [5.74, 6) is 0.264. The van der Waals surface area contributed by atoms with Gasteiger partial charge in [0.15, 0.2) is 6.04 Å². The van der Waals surface area contributed by atoms with E-state index in [0.29, 0.717) is 39.4 Å². The Bertz CT molecular complexity index is 855. The molecule has 0 aliphatic rings. The van der Waals surface area contributed by atoms with Crippen LogP contribution in [-0.4, -0.2) is 25.6 Å². The summed E-state index contributed by atoms with van der Waals surface area (Å²) in [4.78, 5) is 24.8. The van der Waals surface area contributed by atoms with Crippen LogP contribution in [0.3, 0.4) is 0 Å². The molecule has 0 heterocycles. The highest BCUT2D eigenvalue weighted by Crippen LogP contribution is 2.23. The fourth-order valence-corrected chi connectivity index (χ4v) is 3.49. The molecule has 7 heteroatoms. The molecular weight excluding hydrogens is 425 g/mol. The summed E-state index contributed by atoms with van der Waals surface area (Å²) in [7, 11) is 1.28. The minimum absolute atomic E-state index is 0.0139. The van der Waals surface area contributed by atoms with Gasteiger partial charge in [0.1, 0.15) is 5.75 Å². The number of halogens is 2. The van der Waals surface area contributed by atoms with E-state index in [1.54, 1.807) is 42.5 Å². The van der Waals surface area contributed by atoms with Crippen LogP contribution in [0.2, 0.25) is 10.0 Å². The van der Waals surface area contributed by atoms with Gasteiger partial charge in [-0.3, -0.25) is 4.79 Å². The van der Waals surface area contributed by atoms with Gasteiger partial charge in [0, 0.05) is 10.0 Å². The van der Waals surface area contributed by atoms with Gasteiger partial charge in [-0.2, -0.15) is 0 Å². The Hall–Kier alpha value is -2.24. The number of methoxy groups -OCH3 is 1. The van der Waals surface area contributed by atoms with Gasteiger partial charge >= 0.3 is 5.97 Å². The van der Waals surface area contributed by atoms with Crippen molar-refractivity contribution in [3.63, 3.8) is 0 Å². The number of rotatable bonds is 10. The lowest BCUT2D eigenvalue weighted by atomic mass is 10.1. The van der Waals surface area contributed by atoms with Crippen LogP contribution in [0.5, 0.6) is 5.75 Å². The molecular formula is C23H27Cl2NO4. The van der Waals surface area contributed by atoms with E-state index in [1.807, 2.05) is 0 Å². The van der Waals surface area contributed by atoms with Crippen LogP contribution in [0.4, 0.5) is 0 Å². The summed E-state index contributed by atoms with van der Waals surface area (Å²) >= 11 is 12.0. The lowest BCUT2D eigenvalue weighted by Gasteiger charge is -2.18. The molecule has 0 radical (unpaired) electrons. The molecule has 0 aliphatic carbocycles. The Morgan fingerprint density at radius 1 is 1.10 bits per heavy atom. The Kier molecular flexibility index (Phi) is 9.47. The van der Waals surface area contributed by atoms with Gasteiger partial charge in [0.25, 0.3) is 0 Å². The fraction of sp³-hybridized carbons (Fsp3) is 0.391. The first-order chi connectivity index (χ1) is 14.3. The third-order valence-corrected chi connectivity index (χ3v) is 5.22. The van der Waals surface area contributed by atoms with Gasteiger partial charge in [-0.1, -0.05) is 61.7 Å². The van der Waals surface area contributed by atoms with Crippen molar-refractivity contribution in [3.05, 3.63) is 63.6 Å². The molecule has 0 fully saturated rings. The number of nitrogens with one attached hydrogen (secondary N) is 1. The maximum Gasteiger partial charge on any atom is 0.333 e. The molecule has 162 valence electrons. The van der Waals surface area contributed by atoms with Gasteiger partial charge in [0.05, 0.1) is 20.1 Å². The number of carbonyl (C=O) groups excluding carboxylic acids is 2. The standard InChI is InChI=1S/C23H27Cl2NO4/c1-4-5-15(2)14-30-19-10-7-16(8-11-19)22(23(28)29-3)26-21(27)12-17-6-9-18(24)13-20(17)25/h6-11,13,15,22H,4-5,12,14H2,1-3H3,(H,26,27)/t15?,22-/m1/s1. The van der Waals surface area contributed by atoms with Gasteiger partial charge in [0.2, 0.25) is 5.91 Å². The van der Waals surface area contributed by atoms with Gasteiger partial charge < -0.3 is 14.8 Å². The first kappa shape index (κ1) is 24.0. The van der Waals surface area contributed by atoms with Crippen LogP contribution in [0, 0.1) is 5.92 Å². The van der Waals surface area contributed by atoms with Crippen LogP contribution in [0.1, 0.15) is 43.9 Å². The minimum atomic E-state index is -0.929. The second kappa shape index (κ2) is 11.8. The fourth-order valence-electron chi connectivity index (χ4n) is 3.02. The number of amides is 1. The second-order valence-electron chi connectivity index (χ2n) is 7.21. The molecule has 2 atom stereocenters. The Balaban J connectivity index is 2.06. The van der Waals surface area contributed by atoms with E-state index in [0.717, 1.165) is 12.8 Å². The molecule has 1 unspecified atom stereocenters. The van der Waals surface area contributed by atoms with Crippen LogP contribution in [-0.2, 0) is 20.7 Å². The van der Waals surface area contributed by atoms with Crippen molar-refractivity contribution in [3.8, 4) is 5.75 Å². The van der Waals surface area contributed by atoms with E-state index in [-0.39, 0.29) is 12.3 Å². The Morgan fingerprint density at radius 3 is 2.40 bits per heavy atom. The largest absolute Gasteiger partial charge is 0.493 e. The third kappa shape index (κ3) is 7.22. The van der Waals surface area contributed by atoms with E-state index in [2.05, 4.69) is 19.2 Å². The molecule has 1 amide bonds. The van der Waals surface area contributed by atoms with Crippen LogP contribution >= 0.6 is 23.2 Å². The monoisotopic (exact) mass is 451 g/mol. The van der Waals surface area contributed by atoms with Crippen LogP contribution in [0.15, 0.2) is 42.5 Å². The Labute approximate surface area is 187 Å². The van der Waals surface area contributed by atoms with Crippen LogP contribution < -0.4 is 10.1 Å².